The number of carbonyl (C=O) groups is 1. The molecule has 0 atom stereocenters. The van der Waals surface area contributed by atoms with Crippen molar-refractivity contribution in [1.82, 2.24) is 4.98 Å². The van der Waals surface area contributed by atoms with E-state index in [0.29, 0.717) is 12.2 Å². The molecule has 104 valence electrons. The van der Waals surface area contributed by atoms with E-state index < -0.39 is 0 Å². The topological polar surface area (TPSA) is 42.4 Å². The Labute approximate surface area is 119 Å². The van der Waals surface area contributed by atoms with Crippen LogP contribution in [-0.4, -0.2) is 31.5 Å². The summed E-state index contributed by atoms with van der Waals surface area (Å²) in [6.07, 6.45) is 0.820. The van der Waals surface area contributed by atoms with Crippen molar-refractivity contribution in [2.75, 3.05) is 25.1 Å². The van der Waals surface area contributed by atoms with Gasteiger partial charge in [-0.05, 0) is 43.3 Å². The number of anilines is 1. The summed E-state index contributed by atoms with van der Waals surface area (Å²) in [4.78, 5) is 17.1. The molecule has 0 saturated carbocycles. The van der Waals surface area contributed by atoms with Gasteiger partial charge < -0.3 is 9.64 Å². The van der Waals surface area contributed by atoms with Gasteiger partial charge >= 0.3 is 0 Å². The fourth-order valence-corrected chi connectivity index (χ4v) is 1.80. The predicted octanol–water partition coefficient (Wildman–Crippen LogP) is 2.72. The van der Waals surface area contributed by atoms with Crippen molar-refractivity contribution in [2.45, 2.75) is 6.92 Å². The van der Waals surface area contributed by atoms with Gasteiger partial charge in [-0.2, -0.15) is 0 Å². The minimum Gasteiger partial charge on any atom is -0.492 e. The van der Waals surface area contributed by atoms with Crippen LogP contribution in [0.15, 0.2) is 42.5 Å². The first-order valence-electron chi connectivity index (χ1n) is 6.52. The molecule has 2 rings (SSSR count). The zero-order chi connectivity index (χ0) is 14.4. The fourth-order valence-electron chi connectivity index (χ4n) is 1.80. The van der Waals surface area contributed by atoms with Crippen LogP contribution < -0.4 is 9.64 Å². The zero-order valence-electron chi connectivity index (χ0n) is 11.7. The van der Waals surface area contributed by atoms with Crippen LogP contribution in [0.1, 0.15) is 16.1 Å². The second kappa shape index (κ2) is 6.70. The Hall–Kier alpha value is -2.36. The van der Waals surface area contributed by atoms with E-state index in [-0.39, 0.29) is 0 Å². The first-order valence-corrected chi connectivity index (χ1v) is 6.52. The average molecular weight is 270 g/mol. The molecule has 0 bridgehead atoms. The molecule has 0 saturated heterocycles. The molecule has 0 radical (unpaired) electrons. The highest BCUT2D eigenvalue weighted by atomic mass is 16.5. The van der Waals surface area contributed by atoms with Gasteiger partial charge in [-0.3, -0.25) is 4.79 Å². The Morgan fingerprint density at radius 1 is 1.20 bits per heavy atom. The molecule has 20 heavy (non-hydrogen) atoms. The molecule has 1 heterocycles. The number of carbonyl (C=O) groups excluding carboxylic acids is 1. The lowest BCUT2D eigenvalue weighted by Crippen LogP contribution is -2.24. The highest BCUT2D eigenvalue weighted by molar-refractivity contribution is 5.74. The van der Waals surface area contributed by atoms with Crippen LogP contribution in [0.5, 0.6) is 5.75 Å². The van der Waals surface area contributed by atoms with Crippen LogP contribution >= 0.6 is 0 Å². The van der Waals surface area contributed by atoms with Crippen molar-refractivity contribution in [1.29, 1.82) is 0 Å². The maximum absolute atomic E-state index is 10.6. The third-order valence-corrected chi connectivity index (χ3v) is 2.98. The number of pyridine rings is 1. The Morgan fingerprint density at radius 3 is 2.60 bits per heavy atom. The van der Waals surface area contributed by atoms with E-state index in [2.05, 4.69) is 4.98 Å². The molecule has 0 aliphatic rings. The number of hydrogen-bond acceptors (Lipinski definition) is 4. The SMILES string of the molecule is Cc1cccc(N(C)CCOc2ccc(C=O)cc2)n1. The van der Waals surface area contributed by atoms with Gasteiger partial charge in [-0.25, -0.2) is 4.98 Å². The van der Waals surface area contributed by atoms with Crippen molar-refractivity contribution in [2.24, 2.45) is 0 Å². The molecular formula is C16H18N2O2. The lowest BCUT2D eigenvalue weighted by molar-refractivity contribution is 0.112. The zero-order valence-corrected chi connectivity index (χ0v) is 11.7. The Morgan fingerprint density at radius 2 is 1.95 bits per heavy atom. The summed E-state index contributed by atoms with van der Waals surface area (Å²) in [5, 5.41) is 0. The first-order chi connectivity index (χ1) is 9.69. The minimum absolute atomic E-state index is 0.562. The number of rotatable bonds is 6. The van der Waals surface area contributed by atoms with E-state index >= 15 is 0 Å². The third kappa shape index (κ3) is 3.82. The molecule has 4 heteroatoms. The molecule has 0 N–H and O–H groups in total. The third-order valence-electron chi connectivity index (χ3n) is 2.98. The summed E-state index contributed by atoms with van der Waals surface area (Å²) >= 11 is 0. The van der Waals surface area contributed by atoms with Gasteiger partial charge in [0, 0.05) is 18.3 Å². The van der Waals surface area contributed by atoms with E-state index in [1.807, 2.05) is 37.1 Å². The normalized spacial score (nSPS) is 10.1. The predicted molar refractivity (Wildman–Crippen MR) is 79.6 cm³/mol. The average Bonchev–Trinajstić information content (AvgIpc) is 2.48. The molecule has 0 amide bonds. The second-order valence-electron chi connectivity index (χ2n) is 4.59. The standard InChI is InChI=1S/C16H18N2O2/c1-13-4-3-5-16(17-13)18(2)10-11-20-15-8-6-14(12-19)7-9-15/h3-9,12H,10-11H2,1-2H3. The van der Waals surface area contributed by atoms with E-state index in [0.717, 1.165) is 30.1 Å². The fraction of sp³-hybridized carbons (Fsp3) is 0.250. The summed E-state index contributed by atoms with van der Waals surface area (Å²) in [6, 6.07) is 13.0. The lowest BCUT2D eigenvalue weighted by atomic mass is 10.2. The Balaban J connectivity index is 1.84. The Bertz CT molecular complexity index is 567. The van der Waals surface area contributed by atoms with Crippen molar-refractivity contribution < 1.29 is 9.53 Å². The van der Waals surface area contributed by atoms with E-state index in [1.54, 1.807) is 24.3 Å². The molecule has 2 aromatic rings. The molecular weight excluding hydrogens is 252 g/mol. The number of likely N-dealkylation sites (N-methyl/N-ethyl adjacent to an activating group) is 1. The van der Waals surface area contributed by atoms with E-state index in [1.165, 1.54) is 0 Å². The van der Waals surface area contributed by atoms with Crippen LogP contribution in [0.4, 0.5) is 5.82 Å². The molecule has 0 aliphatic carbocycles. The number of aromatic nitrogens is 1. The maximum atomic E-state index is 10.6. The number of nitrogens with zero attached hydrogens (tertiary/aromatic N) is 2. The van der Waals surface area contributed by atoms with Crippen molar-refractivity contribution in [3.05, 3.63) is 53.7 Å². The quantitative estimate of drug-likeness (QED) is 0.757. The number of aldehydes is 1. The highest BCUT2D eigenvalue weighted by Crippen LogP contribution is 2.12. The number of ether oxygens (including phenoxy) is 1. The largest absolute Gasteiger partial charge is 0.492 e. The number of aryl methyl sites for hydroxylation is 1. The van der Waals surface area contributed by atoms with Crippen LogP contribution in [0.3, 0.4) is 0 Å². The van der Waals surface area contributed by atoms with Gasteiger partial charge in [0.05, 0.1) is 6.54 Å². The molecule has 0 spiro atoms. The van der Waals surface area contributed by atoms with Crippen LogP contribution in [0.2, 0.25) is 0 Å². The maximum Gasteiger partial charge on any atom is 0.150 e. The summed E-state index contributed by atoms with van der Waals surface area (Å²) in [6.45, 7) is 3.28. The summed E-state index contributed by atoms with van der Waals surface area (Å²) in [5.41, 5.74) is 1.65. The first kappa shape index (κ1) is 14.1. The number of benzene rings is 1. The van der Waals surface area contributed by atoms with Gasteiger partial charge in [0.1, 0.15) is 24.5 Å². The number of hydrogen-bond donors (Lipinski definition) is 0. The van der Waals surface area contributed by atoms with Crippen LogP contribution in [0, 0.1) is 6.92 Å². The van der Waals surface area contributed by atoms with Crippen molar-refractivity contribution in [3.8, 4) is 5.75 Å². The molecule has 0 aliphatic heterocycles. The van der Waals surface area contributed by atoms with E-state index in [9.17, 15) is 4.79 Å². The second-order valence-corrected chi connectivity index (χ2v) is 4.59. The van der Waals surface area contributed by atoms with Crippen LogP contribution in [0.25, 0.3) is 0 Å². The molecule has 4 nitrogen and oxygen atoms in total. The summed E-state index contributed by atoms with van der Waals surface area (Å²) in [5.74, 6) is 1.70. The summed E-state index contributed by atoms with van der Waals surface area (Å²) in [7, 11) is 1.99. The molecule has 1 aromatic carbocycles. The van der Waals surface area contributed by atoms with Gasteiger partial charge in [0.25, 0.3) is 0 Å². The van der Waals surface area contributed by atoms with Gasteiger partial charge in [0.15, 0.2) is 0 Å². The highest BCUT2D eigenvalue weighted by Gasteiger charge is 2.02. The van der Waals surface area contributed by atoms with Crippen molar-refractivity contribution >= 4 is 12.1 Å². The lowest BCUT2D eigenvalue weighted by Gasteiger charge is -2.18. The van der Waals surface area contributed by atoms with Crippen LogP contribution in [-0.2, 0) is 0 Å². The van der Waals surface area contributed by atoms with Crippen molar-refractivity contribution in [3.63, 3.8) is 0 Å². The monoisotopic (exact) mass is 270 g/mol. The molecule has 0 fully saturated rings. The van der Waals surface area contributed by atoms with Gasteiger partial charge in [0.2, 0.25) is 0 Å². The van der Waals surface area contributed by atoms with Gasteiger partial charge in [-0.15, -0.1) is 0 Å². The molecule has 1 aromatic heterocycles. The Kier molecular flexibility index (Phi) is 4.71. The van der Waals surface area contributed by atoms with E-state index in [4.69, 9.17) is 4.74 Å². The van der Waals surface area contributed by atoms with Gasteiger partial charge in [-0.1, -0.05) is 6.07 Å². The summed E-state index contributed by atoms with van der Waals surface area (Å²) < 4.78 is 5.64. The smallest absolute Gasteiger partial charge is 0.150 e. The minimum atomic E-state index is 0.562. The molecule has 0 unspecified atom stereocenters.